The van der Waals surface area contributed by atoms with Crippen molar-refractivity contribution >= 4 is 0 Å². The number of hydrogen-bond donors (Lipinski definition) is 1. The van der Waals surface area contributed by atoms with E-state index in [2.05, 4.69) is 11.5 Å². The average Bonchev–Trinajstić information content (AvgIpc) is 2.52. The summed E-state index contributed by atoms with van der Waals surface area (Å²) in [5.41, 5.74) is 6.51. The molecule has 0 atom stereocenters. The summed E-state index contributed by atoms with van der Waals surface area (Å²) in [6, 6.07) is 1.99. The predicted octanol–water partition coefficient (Wildman–Crippen LogP) is 1.36. The molecule has 0 spiro atoms. The van der Waals surface area contributed by atoms with Crippen molar-refractivity contribution < 1.29 is 4.42 Å². The summed E-state index contributed by atoms with van der Waals surface area (Å²) in [6.07, 6.45) is 3.57. The van der Waals surface area contributed by atoms with Crippen LogP contribution in [0.15, 0.2) is 29.4 Å². The Morgan fingerprint density at radius 3 is 3.00 bits per heavy atom. The first kappa shape index (κ1) is 10.0. The lowest BCUT2D eigenvalue weighted by molar-refractivity contribution is 0.322. The van der Waals surface area contributed by atoms with E-state index in [9.17, 15) is 0 Å². The third-order valence-electron chi connectivity index (χ3n) is 1.81. The molecular weight excluding hydrogens is 164 g/mol. The maximum Gasteiger partial charge on any atom is 0.118 e. The van der Waals surface area contributed by atoms with Crippen LogP contribution in [0.3, 0.4) is 0 Å². The number of nitrogens with zero attached hydrogens (tertiary/aromatic N) is 1. The van der Waals surface area contributed by atoms with Crippen LogP contribution < -0.4 is 5.73 Å². The Morgan fingerprint density at radius 2 is 2.46 bits per heavy atom. The van der Waals surface area contributed by atoms with Crippen LogP contribution in [0.5, 0.6) is 0 Å². The lowest BCUT2D eigenvalue weighted by atomic mass is 10.3. The lowest BCUT2D eigenvalue weighted by Gasteiger charge is -2.11. The number of hydrogen-bond acceptors (Lipinski definition) is 3. The standard InChI is InChI=1S/C10H16N2O/c1-3-4-12(2)7-10-5-9(6-11)8-13-10/h3,5,8H,1,4,6-7,11H2,2H3. The Morgan fingerprint density at radius 1 is 1.69 bits per heavy atom. The zero-order chi connectivity index (χ0) is 9.68. The molecule has 0 aliphatic rings. The minimum atomic E-state index is 0.536. The van der Waals surface area contributed by atoms with Crippen molar-refractivity contribution in [3.05, 3.63) is 36.3 Å². The molecule has 2 N–H and O–H groups in total. The maximum absolute atomic E-state index is 5.46. The first-order valence-electron chi connectivity index (χ1n) is 4.32. The van der Waals surface area contributed by atoms with Gasteiger partial charge in [-0.05, 0) is 13.1 Å². The molecule has 0 amide bonds. The molecule has 72 valence electrons. The van der Waals surface area contributed by atoms with Crippen LogP contribution in [-0.4, -0.2) is 18.5 Å². The van der Waals surface area contributed by atoms with Crippen molar-refractivity contribution in [1.29, 1.82) is 0 Å². The molecule has 3 heteroatoms. The normalized spacial score (nSPS) is 10.7. The summed E-state index contributed by atoms with van der Waals surface area (Å²) in [4.78, 5) is 2.12. The summed E-state index contributed by atoms with van der Waals surface area (Å²) >= 11 is 0. The highest BCUT2D eigenvalue weighted by Crippen LogP contribution is 2.08. The minimum absolute atomic E-state index is 0.536. The Bertz CT molecular complexity index is 268. The van der Waals surface area contributed by atoms with Crippen LogP contribution in [0.25, 0.3) is 0 Å². The number of furan rings is 1. The van der Waals surface area contributed by atoms with Crippen LogP contribution in [-0.2, 0) is 13.1 Å². The summed E-state index contributed by atoms with van der Waals surface area (Å²) in [5.74, 6) is 0.949. The van der Waals surface area contributed by atoms with Crippen LogP contribution >= 0.6 is 0 Å². The van der Waals surface area contributed by atoms with Gasteiger partial charge in [-0.3, -0.25) is 4.90 Å². The van der Waals surface area contributed by atoms with Gasteiger partial charge in [0, 0.05) is 18.7 Å². The monoisotopic (exact) mass is 180 g/mol. The average molecular weight is 180 g/mol. The first-order chi connectivity index (χ1) is 6.26. The van der Waals surface area contributed by atoms with E-state index in [0.29, 0.717) is 6.54 Å². The van der Waals surface area contributed by atoms with E-state index in [1.165, 1.54) is 0 Å². The number of nitrogens with two attached hydrogens (primary N) is 1. The van der Waals surface area contributed by atoms with Crippen molar-refractivity contribution in [3.8, 4) is 0 Å². The Hall–Kier alpha value is -1.06. The van der Waals surface area contributed by atoms with E-state index >= 15 is 0 Å². The molecule has 1 rings (SSSR count). The molecule has 0 aliphatic carbocycles. The van der Waals surface area contributed by atoms with Gasteiger partial charge in [-0.1, -0.05) is 6.08 Å². The third-order valence-corrected chi connectivity index (χ3v) is 1.81. The summed E-state index contributed by atoms with van der Waals surface area (Å²) in [7, 11) is 2.02. The van der Waals surface area contributed by atoms with Gasteiger partial charge in [-0.15, -0.1) is 6.58 Å². The van der Waals surface area contributed by atoms with E-state index in [0.717, 1.165) is 24.4 Å². The van der Waals surface area contributed by atoms with Gasteiger partial charge in [0.25, 0.3) is 0 Å². The Labute approximate surface area is 78.8 Å². The maximum atomic E-state index is 5.46. The molecule has 1 aromatic heterocycles. The molecule has 0 fully saturated rings. The second-order valence-corrected chi connectivity index (χ2v) is 3.11. The minimum Gasteiger partial charge on any atom is -0.468 e. The lowest BCUT2D eigenvalue weighted by Crippen LogP contribution is -2.16. The quantitative estimate of drug-likeness (QED) is 0.696. The molecule has 0 saturated carbocycles. The van der Waals surface area contributed by atoms with Gasteiger partial charge >= 0.3 is 0 Å². The Kier molecular flexibility index (Phi) is 3.73. The van der Waals surface area contributed by atoms with Gasteiger partial charge in [0.05, 0.1) is 12.8 Å². The zero-order valence-electron chi connectivity index (χ0n) is 7.99. The molecule has 3 nitrogen and oxygen atoms in total. The number of likely N-dealkylation sites (N-methyl/N-ethyl adjacent to an activating group) is 1. The van der Waals surface area contributed by atoms with E-state index in [4.69, 9.17) is 10.2 Å². The molecule has 0 aliphatic heterocycles. The fourth-order valence-corrected chi connectivity index (χ4v) is 1.17. The molecule has 0 unspecified atom stereocenters. The molecular formula is C10H16N2O. The first-order valence-corrected chi connectivity index (χ1v) is 4.32. The summed E-state index contributed by atoms with van der Waals surface area (Å²) in [5, 5.41) is 0. The van der Waals surface area contributed by atoms with E-state index in [1.807, 2.05) is 19.2 Å². The summed E-state index contributed by atoms with van der Waals surface area (Å²) in [6.45, 7) is 5.87. The largest absolute Gasteiger partial charge is 0.468 e. The van der Waals surface area contributed by atoms with Crippen LogP contribution in [0, 0.1) is 0 Å². The SMILES string of the molecule is C=CCN(C)Cc1cc(CN)co1. The topological polar surface area (TPSA) is 42.4 Å². The van der Waals surface area contributed by atoms with Gasteiger partial charge in [-0.25, -0.2) is 0 Å². The molecule has 0 bridgehead atoms. The van der Waals surface area contributed by atoms with Gasteiger partial charge in [0.2, 0.25) is 0 Å². The fourth-order valence-electron chi connectivity index (χ4n) is 1.17. The molecule has 1 aromatic rings. The van der Waals surface area contributed by atoms with Crippen molar-refractivity contribution in [3.63, 3.8) is 0 Å². The van der Waals surface area contributed by atoms with Crippen molar-refractivity contribution in [2.24, 2.45) is 5.73 Å². The van der Waals surface area contributed by atoms with Gasteiger partial charge in [-0.2, -0.15) is 0 Å². The third kappa shape index (κ3) is 3.05. The van der Waals surface area contributed by atoms with Gasteiger partial charge in [0.15, 0.2) is 0 Å². The second-order valence-electron chi connectivity index (χ2n) is 3.11. The molecule has 13 heavy (non-hydrogen) atoms. The van der Waals surface area contributed by atoms with E-state index in [1.54, 1.807) is 6.26 Å². The van der Waals surface area contributed by atoms with Crippen molar-refractivity contribution in [1.82, 2.24) is 4.90 Å². The van der Waals surface area contributed by atoms with Gasteiger partial charge in [0.1, 0.15) is 5.76 Å². The molecule has 0 saturated heterocycles. The van der Waals surface area contributed by atoms with Crippen LogP contribution in [0.4, 0.5) is 0 Å². The highest BCUT2D eigenvalue weighted by atomic mass is 16.3. The number of rotatable bonds is 5. The van der Waals surface area contributed by atoms with Crippen molar-refractivity contribution in [2.45, 2.75) is 13.1 Å². The molecule has 0 aromatic carbocycles. The molecule has 0 radical (unpaired) electrons. The zero-order valence-corrected chi connectivity index (χ0v) is 7.99. The van der Waals surface area contributed by atoms with Crippen LogP contribution in [0.2, 0.25) is 0 Å². The van der Waals surface area contributed by atoms with Gasteiger partial charge < -0.3 is 10.2 Å². The predicted molar refractivity (Wildman–Crippen MR) is 53.1 cm³/mol. The van der Waals surface area contributed by atoms with Crippen molar-refractivity contribution in [2.75, 3.05) is 13.6 Å². The highest BCUT2D eigenvalue weighted by Gasteiger charge is 2.02. The Balaban J connectivity index is 2.48. The van der Waals surface area contributed by atoms with E-state index < -0.39 is 0 Å². The van der Waals surface area contributed by atoms with Crippen LogP contribution in [0.1, 0.15) is 11.3 Å². The highest BCUT2D eigenvalue weighted by molar-refractivity contribution is 5.12. The summed E-state index contributed by atoms with van der Waals surface area (Å²) < 4.78 is 5.32. The van der Waals surface area contributed by atoms with E-state index in [-0.39, 0.29) is 0 Å². The molecule has 1 heterocycles. The second kappa shape index (κ2) is 4.84. The smallest absolute Gasteiger partial charge is 0.118 e. The fraction of sp³-hybridized carbons (Fsp3) is 0.400.